The lowest BCUT2D eigenvalue weighted by molar-refractivity contribution is -0.120. The zero-order valence-electron chi connectivity index (χ0n) is 12.0. The monoisotopic (exact) mass is 273 g/mol. The van der Waals surface area contributed by atoms with Crippen molar-refractivity contribution in [3.05, 3.63) is 30.1 Å². The lowest BCUT2D eigenvalue weighted by atomic mass is 10.2. The third-order valence-electron chi connectivity index (χ3n) is 3.37. The van der Waals surface area contributed by atoms with Crippen LogP contribution in [0.25, 0.3) is 11.0 Å². The van der Waals surface area contributed by atoms with E-state index in [0.29, 0.717) is 13.0 Å². The Kier molecular flexibility index (Phi) is 4.17. The summed E-state index contributed by atoms with van der Waals surface area (Å²) in [6.45, 7) is 5.46. The summed E-state index contributed by atoms with van der Waals surface area (Å²) in [6.07, 6.45) is 0.603. The largest absolute Gasteiger partial charge is 0.356 e. The zero-order chi connectivity index (χ0) is 14.7. The Morgan fingerprint density at radius 1 is 1.30 bits per heavy atom. The second-order valence-corrected chi connectivity index (χ2v) is 4.91. The van der Waals surface area contributed by atoms with Crippen LogP contribution >= 0.6 is 0 Å². The van der Waals surface area contributed by atoms with E-state index in [1.807, 2.05) is 35.8 Å². The highest BCUT2D eigenvalue weighted by Gasteiger charge is 2.18. The summed E-state index contributed by atoms with van der Waals surface area (Å²) in [5.74, 6) is 0.851. The molecule has 0 aliphatic heterocycles. The number of hydrogen-bond donors (Lipinski definition) is 1. The van der Waals surface area contributed by atoms with Crippen molar-refractivity contribution in [3.63, 3.8) is 0 Å². The Bertz CT molecular complexity index is 646. The maximum atomic E-state index is 11.7. The Morgan fingerprint density at radius 2 is 2.00 bits per heavy atom. The Labute approximate surface area is 118 Å². The Hall–Kier alpha value is -2.17. The van der Waals surface area contributed by atoms with Crippen molar-refractivity contribution in [3.8, 4) is 0 Å². The van der Waals surface area contributed by atoms with Crippen molar-refractivity contribution < 1.29 is 9.59 Å². The predicted molar refractivity (Wildman–Crippen MR) is 77.5 cm³/mol. The van der Waals surface area contributed by atoms with Gasteiger partial charge in [0.25, 0.3) is 0 Å². The molecule has 1 atom stereocenters. The summed E-state index contributed by atoms with van der Waals surface area (Å²) in [7, 11) is 0. The second-order valence-electron chi connectivity index (χ2n) is 4.91. The summed E-state index contributed by atoms with van der Waals surface area (Å²) >= 11 is 0. The van der Waals surface area contributed by atoms with Crippen molar-refractivity contribution in [2.45, 2.75) is 33.2 Å². The smallest absolute Gasteiger partial charge is 0.216 e. The van der Waals surface area contributed by atoms with Gasteiger partial charge in [0.1, 0.15) is 5.82 Å². The van der Waals surface area contributed by atoms with E-state index in [0.717, 1.165) is 16.9 Å². The molecule has 106 valence electrons. The molecule has 0 saturated carbocycles. The molecule has 0 bridgehead atoms. The van der Waals surface area contributed by atoms with Gasteiger partial charge in [-0.1, -0.05) is 12.1 Å². The van der Waals surface area contributed by atoms with Gasteiger partial charge in [0, 0.05) is 19.9 Å². The fourth-order valence-corrected chi connectivity index (χ4v) is 2.24. The van der Waals surface area contributed by atoms with Crippen LogP contribution in [-0.2, 0) is 16.0 Å². The SMILES string of the molecule is CC(=O)NCCc1nc2ccccc2n1C(C)C(C)=O. The van der Waals surface area contributed by atoms with Crippen LogP contribution < -0.4 is 5.32 Å². The predicted octanol–water partition coefficient (Wildman–Crippen LogP) is 1.86. The molecule has 1 heterocycles. The molecule has 1 aromatic heterocycles. The third-order valence-corrected chi connectivity index (χ3v) is 3.37. The van der Waals surface area contributed by atoms with Crippen LogP contribution in [0.1, 0.15) is 32.6 Å². The van der Waals surface area contributed by atoms with Crippen LogP contribution in [0, 0.1) is 0 Å². The van der Waals surface area contributed by atoms with Crippen LogP contribution in [0.2, 0.25) is 0 Å². The highest BCUT2D eigenvalue weighted by atomic mass is 16.1. The molecular formula is C15H19N3O2. The molecule has 0 aliphatic rings. The van der Waals surface area contributed by atoms with Crippen molar-refractivity contribution in [1.82, 2.24) is 14.9 Å². The number of aromatic nitrogens is 2. The summed E-state index contributed by atoms with van der Waals surface area (Å²) in [5.41, 5.74) is 1.83. The summed E-state index contributed by atoms with van der Waals surface area (Å²) < 4.78 is 1.96. The van der Waals surface area contributed by atoms with E-state index in [1.54, 1.807) is 6.92 Å². The number of Topliss-reactive ketones (excluding diaryl/α,β-unsaturated/α-hetero) is 1. The normalized spacial score (nSPS) is 12.3. The number of imidazole rings is 1. The number of nitrogens with zero attached hydrogens (tertiary/aromatic N) is 2. The van der Waals surface area contributed by atoms with E-state index in [-0.39, 0.29) is 17.7 Å². The number of hydrogen-bond acceptors (Lipinski definition) is 3. The molecule has 1 unspecified atom stereocenters. The molecule has 1 amide bonds. The quantitative estimate of drug-likeness (QED) is 0.904. The number of ketones is 1. The first-order valence-corrected chi connectivity index (χ1v) is 6.71. The topological polar surface area (TPSA) is 64.0 Å². The zero-order valence-corrected chi connectivity index (χ0v) is 12.0. The minimum Gasteiger partial charge on any atom is -0.356 e. The van der Waals surface area contributed by atoms with E-state index in [9.17, 15) is 9.59 Å². The van der Waals surface area contributed by atoms with E-state index in [1.165, 1.54) is 6.92 Å². The van der Waals surface area contributed by atoms with Gasteiger partial charge in [-0.15, -0.1) is 0 Å². The van der Waals surface area contributed by atoms with Gasteiger partial charge in [-0.3, -0.25) is 9.59 Å². The lowest BCUT2D eigenvalue weighted by Crippen LogP contribution is -2.24. The maximum absolute atomic E-state index is 11.7. The number of rotatable bonds is 5. The average molecular weight is 273 g/mol. The van der Waals surface area contributed by atoms with Gasteiger partial charge in [-0.2, -0.15) is 0 Å². The van der Waals surface area contributed by atoms with Gasteiger partial charge < -0.3 is 9.88 Å². The molecule has 0 aliphatic carbocycles. The molecule has 0 radical (unpaired) electrons. The summed E-state index contributed by atoms with van der Waals surface area (Å²) in [6, 6.07) is 7.50. The van der Waals surface area contributed by atoms with Gasteiger partial charge in [-0.05, 0) is 26.0 Å². The standard InChI is InChI=1S/C15H19N3O2/c1-10(11(2)19)18-14-7-5-4-6-13(14)17-15(18)8-9-16-12(3)20/h4-7,10H,8-9H2,1-3H3,(H,16,20). The molecule has 0 saturated heterocycles. The number of para-hydroxylation sites is 2. The van der Waals surface area contributed by atoms with Crippen LogP contribution in [-0.4, -0.2) is 27.8 Å². The third kappa shape index (κ3) is 2.87. The summed E-state index contributed by atoms with van der Waals surface area (Å²) in [4.78, 5) is 27.2. The van der Waals surface area contributed by atoms with Gasteiger partial charge in [0.2, 0.25) is 5.91 Å². The van der Waals surface area contributed by atoms with Gasteiger partial charge >= 0.3 is 0 Å². The number of benzene rings is 1. The molecule has 0 spiro atoms. The number of carbonyl (C=O) groups excluding carboxylic acids is 2. The van der Waals surface area contributed by atoms with Crippen LogP contribution in [0.5, 0.6) is 0 Å². The van der Waals surface area contributed by atoms with Crippen molar-refractivity contribution in [1.29, 1.82) is 0 Å². The summed E-state index contributed by atoms with van der Waals surface area (Å²) in [5, 5.41) is 2.76. The van der Waals surface area contributed by atoms with E-state index < -0.39 is 0 Å². The molecule has 2 rings (SSSR count). The molecule has 0 fully saturated rings. The Morgan fingerprint density at radius 3 is 2.65 bits per heavy atom. The molecule has 1 N–H and O–H groups in total. The molecule has 20 heavy (non-hydrogen) atoms. The molecule has 1 aromatic carbocycles. The highest BCUT2D eigenvalue weighted by molar-refractivity contribution is 5.83. The van der Waals surface area contributed by atoms with Crippen LogP contribution in [0.15, 0.2) is 24.3 Å². The number of fused-ring (bicyclic) bond motifs is 1. The van der Waals surface area contributed by atoms with Crippen LogP contribution in [0.4, 0.5) is 0 Å². The molecule has 2 aromatic rings. The first-order valence-electron chi connectivity index (χ1n) is 6.71. The van der Waals surface area contributed by atoms with Gasteiger partial charge in [-0.25, -0.2) is 4.98 Å². The van der Waals surface area contributed by atoms with Crippen molar-refractivity contribution in [2.24, 2.45) is 0 Å². The van der Waals surface area contributed by atoms with Crippen molar-refractivity contribution >= 4 is 22.7 Å². The van der Waals surface area contributed by atoms with Crippen LogP contribution in [0.3, 0.4) is 0 Å². The minimum absolute atomic E-state index is 0.0627. The van der Waals surface area contributed by atoms with Crippen molar-refractivity contribution in [2.75, 3.05) is 6.54 Å². The number of nitrogens with one attached hydrogen (secondary N) is 1. The molecule has 5 nitrogen and oxygen atoms in total. The highest BCUT2D eigenvalue weighted by Crippen LogP contribution is 2.21. The van der Waals surface area contributed by atoms with Gasteiger partial charge in [0.05, 0.1) is 17.1 Å². The van der Waals surface area contributed by atoms with E-state index in [2.05, 4.69) is 10.3 Å². The minimum atomic E-state index is -0.255. The van der Waals surface area contributed by atoms with E-state index in [4.69, 9.17) is 0 Å². The number of amides is 1. The second kappa shape index (κ2) is 5.86. The molecular weight excluding hydrogens is 254 g/mol. The van der Waals surface area contributed by atoms with E-state index >= 15 is 0 Å². The first kappa shape index (κ1) is 14.2. The number of carbonyl (C=O) groups is 2. The maximum Gasteiger partial charge on any atom is 0.216 e. The Balaban J connectivity index is 2.38. The average Bonchev–Trinajstić information content (AvgIpc) is 2.75. The fourth-order valence-electron chi connectivity index (χ4n) is 2.24. The lowest BCUT2D eigenvalue weighted by Gasteiger charge is -2.15. The fraction of sp³-hybridized carbons (Fsp3) is 0.400. The van der Waals surface area contributed by atoms with Gasteiger partial charge in [0.15, 0.2) is 5.78 Å². The molecule has 5 heteroatoms. The first-order chi connectivity index (χ1) is 9.50.